The van der Waals surface area contributed by atoms with Crippen LogP contribution in [0.15, 0.2) is 18.5 Å². The fourth-order valence-electron chi connectivity index (χ4n) is 4.29. The molecule has 0 spiro atoms. The minimum absolute atomic E-state index is 0.353. The second kappa shape index (κ2) is 10.2. The first kappa shape index (κ1) is 21.8. The summed E-state index contributed by atoms with van der Waals surface area (Å²) in [6, 6.07) is 2.39. The normalized spacial score (nSPS) is 22.8. The van der Waals surface area contributed by atoms with Crippen LogP contribution in [-0.4, -0.2) is 40.8 Å². The first-order valence-corrected chi connectivity index (χ1v) is 11.6. The van der Waals surface area contributed by atoms with E-state index in [1.54, 1.807) is 12.4 Å². The van der Waals surface area contributed by atoms with Crippen molar-refractivity contribution in [2.45, 2.75) is 51.0 Å². The van der Waals surface area contributed by atoms with Gasteiger partial charge in [0.05, 0.1) is 16.9 Å². The second-order valence-electron chi connectivity index (χ2n) is 8.47. The number of ether oxygens (including phenoxy) is 1. The standard InChI is InChI=1S/C22H29Cl2N5O/c23-19-12-26-17(9-14-1-3-16(25)4-2-14)10-18(19)20-13-27-21(24)22(29-20)28-11-15-5-7-30-8-6-15/h10,12-16H,1-9,11,25H2,(H,28,29). The number of anilines is 1. The number of rotatable bonds is 6. The van der Waals surface area contributed by atoms with Crippen molar-refractivity contribution in [3.63, 3.8) is 0 Å². The van der Waals surface area contributed by atoms with Crippen LogP contribution in [0, 0.1) is 11.8 Å². The summed E-state index contributed by atoms with van der Waals surface area (Å²) in [5.41, 5.74) is 8.61. The van der Waals surface area contributed by atoms with E-state index < -0.39 is 0 Å². The molecule has 30 heavy (non-hydrogen) atoms. The Hall–Kier alpha value is -1.47. The summed E-state index contributed by atoms with van der Waals surface area (Å²) >= 11 is 12.8. The van der Waals surface area contributed by atoms with Gasteiger partial charge in [-0.05, 0) is 62.8 Å². The Morgan fingerprint density at radius 1 is 1.00 bits per heavy atom. The summed E-state index contributed by atoms with van der Waals surface area (Å²) in [5.74, 6) is 1.77. The molecule has 1 aliphatic heterocycles. The van der Waals surface area contributed by atoms with Crippen LogP contribution < -0.4 is 11.1 Å². The van der Waals surface area contributed by atoms with Gasteiger partial charge in [0.2, 0.25) is 0 Å². The number of aromatic nitrogens is 3. The topological polar surface area (TPSA) is 86.0 Å². The van der Waals surface area contributed by atoms with Gasteiger partial charge in [0.25, 0.3) is 0 Å². The molecule has 0 amide bonds. The van der Waals surface area contributed by atoms with Crippen molar-refractivity contribution in [3.05, 3.63) is 34.3 Å². The van der Waals surface area contributed by atoms with Crippen LogP contribution in [0.1, 0.15) is 44.2 Å². The van der Waals surface area contributed by atoms with Crippen LogP contribution in [0.3, 0.4) is 0 Å². The molecule has 2 aromatic heterocycles. The van der Waals surface area contributed by atoms with Gasteiger partial charge in [0.15, 0.2) is 11.0 Å². The average Bonchev–Trinajstić information content (AvgIpc) is 2.77. The number of hydrogen-bond acceptors (Lipinski definition) is 6. The number of nitrogens with zero attached hydrogens (tertiary/aromatic N) is 3. The van der Waals surface area contributed by atoms with Gasteiger partial charge in [-0.2, -0.15) is 0 Å². The average molecular weight is 450 g/mol. The molecule has 8 heteroatoms. The van der Waals surface area contributed by atoms with Gasteiger partial charge in [0, 0.05) is 43.3 Å². The van der Waals surface area contributed by atoms with Crippen molar-refractivity contribution in [1.82, 2.24) is 15.0 Å². The molecule has 2 aliphatic rings. The fourth-order valence-corrected chi connectivity index (χ4v) is 4.64. The van der Waals surface area contributed by atoms with E-state index in [0.717, 1.165) is 76.0 Å². The monoisotopic (exact) mass is 449 g/mol. The highest BCUT2D eigenvalue weighted by Crippen LogP contribution is 2.31. The molecule has 6 nitrogen and oxygen atoms in total. The van der Waals surface area contributed by atoms with Gasteiger partial charge in [-0.1, -0.05) is 23.2 Å². The number of hydrogen-bond donors (Lipinski definition) is 2. The van der Waals surface area contributed by atoms with Crippen molar-refractivity contribution >= 4 is 29.0 Å². The van der Waals surface area contributed by atoms with Crippen molar-refractivity contribution in [2.24, 2.45) is 17.6 Å². The summed E-state index contributed by atoms with van der Waals surface area (Å²) in [5, 5.41) is 4.30. The lowest BCUT2D eigenvalue weighted by Crippen LogP contribution is -2.27. The predicted octanol–water partition coefficient (Wildman–Crippen LogP) is 4.74. The summed E-state index contributed by atoms with van der Waals surface area (Å²) in [6.45, 7) is 2.43. The molecule has 3 heterocycles. The molecule has 1 saturated carbocycles. The van der Waals surface area contributed by atoms with E-state index in [9.17, 15) is 0 Å². The summed E-state index contributed by atoms with van der Waals surface area (Å²) in [4.78, 5) is 13.6. The molecular weight excluding hydrogens is 421 g/mol. The van der Waals surface area contributed by atoms with Gasteiger partial charge in [0.1, 0.15) is 0 Å². The quantitative estimate of drug-likeness (QED) is 0.661. The van der Waals surface area contributed by atoms with Crippen LogP contribution in [0.4, 0.5) is 5.82 Å². The molecule has 0 bridgehead atoms. The molecule has 0 radical (unpaired) electrons. The van der Waals surface area contributed by atoms with Gasteiger partial charge in [-0.25, -0.2) is 9.97 Å². The Kier molecular flexibility index (Phi) is 7.41. The Labute approximate surface area is 187 Å². The summed E-state index contributed by atoms with van der Waals surface area (Å²) < 4.78 is 5.43. The highest BCUT2D eigenvalue weighted by molar-refractivity contribution is 6.33. The van der Waals surface area contributed by atoms with Gasteiger partial charge >= 0.3 is 0 Å². The SMILES string of the molecule is NC1CCC(Cc2cc(-c3cnc(Cl)c(NCC4CCOCC4)n3)c(Cl)cn2)CC1. The van der Waals surface area contributed by atoms with E-state index in [1.807, 2.05) is 6.07 Å². The molecule has 1 saturated heterocycles. The van der Waals surface area contributed by atoms with Gasteiger partial charge in [-0.3, -0.25) is 4.98 Å². The third-order valence-corrected chi connectivity index (χ3v) is 6.78. The maximum Gasteiger partial charge on any atom is 0.171 e. The fraction of sp³-hybridized carbons (Fsp3) is 0.591. The zero-order valence-electron chi connectivity index (χ0n) is 17.1. The predicted molar refractivity (Wildman–Crippen MR) is 121 cm³/mol. The second-order valence-corrected chi connectivity index (χ2v) is 9.24. The third kappa shape index (κ3) is 5.61. The maximum atomic E-state index is 6.47. The van der Waals surface area contributed by atoms with E-state index in [4.69, 9.17) is 38.7 Å². The number of nitrogens with one attached hydrogen (secondary N) is 1. The lowest BCUT2D eigenvalue weighted by Gasteiger charge is -2.25. The molecule has 2 fully saturated rings. The zero-order chi connectivity index (χ0) is 20.9. The van der Waals surface area contributed by atoms with Gasteiger partial charge in [-0.15, -0.1) is 0 Å². The number of pyridine rings is 1. The van der Waals surface area contributed by atoms with Crippen LogP contribution in [0.2, 0.25) is 10.2 Å². The molecule has 162 valence electrons. The molecule has 2 aromatic rings. The molecule has 0 atom stereocenters. The third-order valence-electron chi connectivity index (χ3n) is 6.20. The van der Waals surface area contributed by atoms with Crippen molar-refractivity contribution in [2.75, 3.05) is 25.1 Å². The molecular formula is C22H29Cl2N5O. The van der Waals surface area contributed by atoms with Gasteiger partial charge < -0.3 is 15.8 Å². The Bertz CT molecular complexity index is 851. The maximum absolute atomic E-state index is 6.47. The van der Waals surface area contributed by atoms with Crippen molar-refractivity contribution < 1.29 is 4.74 Å². The van der Waals surface area contributed by atoms with E-state index in [0.29, 0.717) is 39.6 Å². The molecule has 0 unspecified atom stereocenters. The first-order chi connectivity index (χ1) is 14.6. The van der Waals surface area contributed by atoms with Crippen LogP contribution in [0.5, 0.6) is 0 Å². The summed E-state index contributed by atoms with van der Waals surface area (Å²) in [7, 11) is 0. The number of halogens is 2. The largest absolute Gasteiger partial charge is 0.381 e. The highest BCUT2D eigenvalue weighted by atomic mass is 35.5. The minimum Gasteiger partial charge on any atom is -0.381 e. The van der Waals surface area contributed by atoms with Crippen LogP contribution in [-0.2, 0) is 11.2 Å². The van der Waals surface area contributed by atoms with Crippen LogP contribution >= 0.6 is 23.2 Å². The lowest BCUT2D eigenvalue weighted by molar-refractivity contribution is 0.0699. The summed E-state index contributed by atoms with van der Waals surface area (Å²) in [6.07, 6.45) is 10.9. The molecule has 0 aromatic carbocycles. The first-order valence-electron chi connectivity index (χ1n) is 10.8. The number of nitrogens with two attached hydrogens (primary N) is 1. The molecule has 3 N–H and O–H groups in total. The Morgan fingerprint density at radius 2 is 1.77 bits per heavy atom. The minimum atomic E-state index is 0.353. The molecule has 4 rings (SSSR count). The zero-order valence-corrected chi connectivity index (χ0v) is 18.6. The lowest BCUT2D eigenvalue weighted by atomic mass is 9.83. The van der Waals surface area contributed by atoms with Crippen molar-refractivity contribution in [1.29, 1.82) is 0 Å². The smallest absolute Gasteiger partial charge is 0.171 e. The van der Waals surface area contributed by atoms with E-state index in [1.165, 1.54) is 0 Å². The molecule has 1 aliphatic carbocycles. The van der Waals surface area contributed by atoms with E-state index >= 15 is 0 Å². The van der Waals surface area contributed by atoms with E-state index in [-0.39, 0.29) is 0 Å². The highest BCUT2D eigenvalue weighted by Gasteiger charge is 2.20. The van der Waals surface area contributed by atoms with E-state index in [2.05, 4.69) is 15.3 Å². The Balaban J connectivity index is 1.48. The van der Waals surface area contributed by atoms with Crippen LogP contribution in [0.25, 0.3) is 11.3 Å². The Morgan fingerprint density at radius 3 is 2.53 bits per heavy atom. The van der Waals surface area contributed by atoms with Crippen molar-refractivity contribution in [3.8, 4) is 11.3 Å².